The minimum atomic E-state index is -3.88. The van der Waals surface area contributed by atoms with Crippen molar-refractivity contribution in [2.24, 2.45) is 22.1 Å². The molecule has 2 saturated heterocycles. The van der Waals surface area contributed by atoms with E-state index in [9.17, 15) is 30.8 Å². The normalized spacial score (nSPS) is 18.9. The first kappa shape index (κ1) is 51.5. The summed E-state index contributed by atoms with van der Waals surface area (Å²) in [7, 11) is -3.84. The fraction of sp³-hybridized carbons (Fsp3) is 0.700. The van der Waals surface area contributed by atoms with Crippen molar-refractivity contribution in [2.75, 3.05) is 45.2 Å². The lowest BCUT2D eigenvalue weighted by molar-refractivity contribution is 0.0118. The van der Waals surface area contributed by atoms with E-state index in [1.165, 1.54) is 25.0 Å². The molecule has 0 bridgehead atoms. The SMILES string of the molecule is CN(CCCC1CN(C(=O)OC(C)(C)C)C(C)(C)C1)c1cccc(S(N)(=O)=O)n1.CNCCCC1CN(C(=O)OC(C)(C)C)C(C)(C)C1.NS(=O)(=O)c1cccc(F)n1. The molecule has 19 heteroatoms. The topological polar surface area (TPSA) is 220 Å². The molecular formula is C40H69FN8O8S2. The van der Waals surface area contributed by atoms with Crippen LogP contribution in [-0.4, -0.2) is 111 Å². The number of ether oxygens (including phenoxy) is 2. The highest BCUT2D eigenvalue weighted by Gasteiger charge is 2.43. The number of nitrogens with zero attached hydrogens (tertiary/aromatic N) is 5. The molecule has 2 atom stereocenters. The number of hydrogen-bond donors (Lipinski definition) is 3. The van der Waals surface area contributed by atoms with Crippen molar-refractivity contribution in [1.29, 1.82) is 0 Å². The average Bonchev–Trinajstić information content (AvgIpc) is 3.56. The third kappa shape index (κ3) is 17.8. The van der Waals surface area contributed by atoms with Crippen LogP contribution < -0.4 is 20.5 Å². The highest BCUT2D eigenvalue weighted by atomic mass is 32.2. The number of amides is 2. The van der Waals surface area contributed by atoms with Crippen molar-refractivity contribution in [2.45, 2.75) is 140 Å². The van der Waals surface area contributed by atoms with E-state index in [4.69, 9.17) is 14.6 Å². The number of primary sulfonamides is 2. The highest BCUT2D eigenvalue weighted by molar-refractivity contribution is 7.89. The van der Waals surface area contributed by atoms with Gasteiger partial charge < -0.3 is 29.5 Å². The number of halogens is 1. The Balaban J connectivity index is 0.000000341. The Hall–Kier alpha value is -3.65. The third-order valence-electron chi connectivity index (χ3n) is 9.66. The van der Waals surface area contributed by atoms with Crippen molar-refractivity contribution in [1.82, 2.24) is 25.1 Å². The van der Waals surface area contributed by atoms with Crippen LogP contribution in [0.15, 0.2) is 46.5 Å². The summed E-state index contributed by atoms with van der Waals surface area (Å²) < 4.78 is 67.4. The molecule has 2 aliphatic heterocycles. The molecule has 2 aromatic rings. The molecule has 0 aromatic carbocycles. The van der Waals surface area contributed by atoms with Crippen LogP contribution in [0.3, 0.4) is 0 Å². The molecule has 0 radical (unpaired) electrons. The summed E-state index contributed by atoms with van der Waals surface area (Å²) >= 11 is 0. The molecule has 5 N–H and O–H groups in total. The van der Waals surface area contributed by atoms with Gasteiger partial charge in [0.2, 0.25) is 5.95 Å². The van der Waals surface area contributed by atoms with Crippen molar-refractivity contribution < 1.29 is 40.3 Å². The average molecular weight is 873 g/mol. The van der Waals surface area contributed by atoms with Crippen LogP contribution in [0.1, 0.15) is 108 Å². The van der Waals surface area contributed by atoms with E-state index in [1.54, 1.807) is 12.1 Å². The Morgan fingerprint density at radius 1 is 0.797 bits per heavy atom. The number of anilines is 1. The lowest BCUT2D eigenvalue weighted by Crippen LogP contribution is -2.45. The number of carbonyl (C=O) groups is 2. The first-order valence-corrected chi connectivity index (χ1v) is 23.0. The maximum absolute atomic E-state index is 12.5. The third-order valence-corrected chi connectivity index (χ3v) is 11.3. The first-order valence-electron chi connectivity index (χ1n) is 19.9. The number of nitrogens with two attached hydrogens (primary N) is 2. The Labute approximate surface area is 352 Å². The van der Waals surface area contributed by atoms with Gasteiger partial charge in [0.25, 0.3) is 20.0 Å². The van der Waals surface area contributed by atoms with Crippen molar-refractivity contribution in [3.8, 4) is 0 Å². The lowest BCUT2D eigenvalue weighted by atomic mass is 9.93. The Bertz CT molecular complexity index is 1920. The fourth-order valence-electron chi connectivity index (χ4n) is 7.06. The maximum Gasteiger partial charge on any atom is 0.410 e. The van der Waals surface area contributed by atoms with Crippen molar-refractivity contribution >= 4 is 38.1 Å². The number of carbonyl (C=O) groups excluding carboxylic acids is 2. The highest BCUT2D eigenvalue weighted by Crippen LogP contribution is 2.37. The molecule has 2 fully saturated rings. The molecule has 2 aromatic heterocycles. The van der Waals surface area contributed by atoms with E-state index < -0.39 is 42.2 Å². The summed E-state index contributed by atoms with van der Waals surface area (Å²) in [5, 5.41) is 12.4. The van der Waals surface area contributed by atoms with Gasteiger partial charge in [-0.25, -0.2) is 46.7 Å². The standard InChI is InChI=1S/C20H34N4O4S.C15H30N2O2.C5H5FN2O2S/c1-19(2,3)28-18(25)24-14-15(13-20(24,4)5)9-8-12-23(6)16-10-7-11-17(22-16)29(21,26)27;1-14(2,3)19-13(18)17-11-12(8-7-9-16-6)10-15(17,4)5;6-4-2-1-3-5(8-4)11(7,9)10/h7,10-11,15H,8-9,12-14H2,1-6H3,(H2,21,26,27);12,16H,7-11H2,1-6H3;1-3H,(H2,7,9,10). The molecule has 336 valence electrons. The van der Waals surface area contributed by atoms with Gasteiger partial charge in [-0.3, -0.25) is 0 Å². The summed E-state index contributed by atoms with van der Waals surface area (Å²) in [4.78, 5) is 37.6. The molecule has 4 heterocycles. The number of aromatic nitrogens is 2. The van der Waals surface area contributed by atoms with Crippen LogP contribution in [0.25, 0.3) is 0 Å². The number of rotatable bonds is 11. The Morgan fingerprint density at radius 2 is 1.22 bits per heavy atom. The summed E-state index contributed by atoms with van der Waals surface area (Å²) in [6.45, 7) is 23.1. The van der Waals surface area contributed by atoms with Crippen LogP contribution in [0.5, 0.6) is 0 Å². The van der Waals surface area contributed by atoms with E-state index in [1.807, 2.05) is 70.3 Å². The molecule has 2 aliphatic rings. The molecule has 0 aliphatic carbocycles. The van der Waals surface area contributed by atoms with Crippen LogP contribution in [0, 0.1) is 17.8 Å². The van der Waals surface area contributed by atoms with Gasteiger partial charge in [0.1, 0.15) is 17.0 Å². The molecule has 0 saturated carbocycles. The summed E-state index contributed by atoms with van der Waals surface area (Å²) in [5.41, 5.74) is -1.25. The van der Waals surface area contributed by atoms with Crippen LogP contribution in [0.2, 0.25) is 0 Å². The second-order valence-electron chi connectivity index (χ2n) is 18.5. The zero-order chi connectivity index (χ0) is 45.2. The Morgan fingerprint density at radius 3 is 1.61 bits per heavy atom. The zero-order valence-electron chi connectivity index (χ0n) is 37.0. The van der Waals surface area contributed by atoms with Crippen molar-refractivity contribution in [3.63, 3.8) is 0 Å². The van der Waals surface area contributed by atoms with Crippen molar-refractivity contribution in [3.05, 3.63) is 42.3 Å². The van der Waals surface area contributed by atoms with Gasteiger partial charge >= 0.3 is 12.2 Å². The predicted molar refractivity (Wildman–Crippen MR) is 227 cm³/mol. The van der Waals surface area contributed by atoms with Crippen LogP contribution in [0.4, 0.5) is 19.8 Å². The van der Waals surface area contributed by atoms with Gasteiger partial charge in [-0.05, 0) is 157 Å². The smallest absolute Gasteiger partial charge is 0.410 e. The number of pyridine rings is 2. The van der Waals surface area contributed by atoms with E-state index >= 15 is 0 Å². The number of nitrogens with one attached hydrogen (secondary N) is 1. The summed E-state index contributed by atoms with van der Waals surface area (Å²) in [6.07, 6.45) is 5.76. The second-order valence-corrected chi connectivity index (χ2v) is 21.5. The van der Waals surface area contributed by atoms with Crippen LogP contribution >= 0.6 is 0 Å². The molecule has 2 amide bonds. The fourth-order valence-corrected chi connectivity index (χ4v) is 8.03. The van der Waals surface area contributed by atoms with Gasteiger partial charge in [-0.15, -0.1) is 0 Å². The largest absolute Gasteiger partial charge is 0.444 e. The molecular weight excluding hydrogens is 804 g/mol. The van der Waals surface area contributed by atoms with Gasteiger partial charge in [0.15, 0.2) is 10.1 Å². The first-order chi connectivity index (χ1) is 26.8. The number of sulfonamides is 2. The van der Waals surface area contributed by atoms with E-state index in [0.717, 1.165) is 57.5 Å². The number of hydrogen-bond acceptors (Lipinski definition) is 12. The number of likely N-dealkylation sites (tertiary alicyclic amines) is 2. The second kappa shape index (κ2) is 20.7. The van der Waals surface area contributed by atoms with E-state index in [2.05, 4.69) is 48.1 Å². The van der Waals surface area contributed by atoms with E-state index in [0.29, 0.717) is 24.2 Å². The van der Waals surface area contributed by atoms with E-state index in [-0.39, 0.29) is 28.3 Å². The molecule has 0 spiro atoms. The maximum atomic E-state index is 12.5. The van der Waals surface area contributed by atoms with Gasteiger partial charge in [-0.2, -0.15) is 4.39 Å². The zero-order valence-corrected chi connectivity index (χ0v) is 38.7. The predicted octanol–water partition coefficient (Wildman–Crippen LogP) is 5.87. The quantitative estimate of drug-likeness (QED) is 0.178. The minimum absolute atomic E-state index is 0.0906. The summed E-state index contributed by atoms with van der Waals surface area (Å²) in [5.74, 6) is 0.695. The Kier molecular flexibility index (Phi) is 18.1. The minimum Gasteiger partial charge on any atom is -0.444 e. The summed E-state index contributed by atoms with van der Waals surface area (Å²) in [6, 6.07) is 8.17. The molecule has 4 rings (SSSR count). The molecule has 2 unspecified atom stereocenters. The molecule has 16 nitrogen and oxygen atoms in total. The monoisotopic (exact) mass is 872 g/mol. The van der Waals surface area contributed by atoms with Gasteiger partial charge in [-0.1, -0.05) is 12.1 Å². The van der Waals surface area contributed by atoms with Gasteiger partial charge in [0.05, 0.1) is 0 Å². The van der Waals surface area contributed by atoms with Gasteiger partial charge in [0, 0.05) is 37.8 Å². The molecule has 59 heavy (non-hydrogen) atoms. The lowest BCUT2D eigenvalue weighted by Gasteiger charge is -2.33. The van der Waals surface area contributed by atoms with Crippen LogP contribution in [-0.2, 0) is 29.5 Å².